The number of hydrogen-bond donors (Lipinski definition) is 2. The van der Waals surface area contributed by atoms with Crippen LogP contribution in [0.1, 0.15) is 22.6 Å². The van der Waals surface area contributed by atoms with Crippen LogP contribution in [0.3, 0.4) is 0 Å². The Morgan fingerprint density at radius 1 is 0.828 bits per heavy atom. The van der Waals surface area contributed by atoms with Gasteiger partial charge in [0.15, 0.2) is 0 Å². The van der Waals surface area contributed by atoms with Gasteiger partial charge in [0.2, 0.25) is 0 Å². The van der Waals surface area contributed by atoms with Crippen LogP contribution in [0.5, 0.6) is 0 Å². The molecule has 3 aromatic rings. The third-order valence-electron chi connectivity index (χ3n) is 5.90. The van der Waals surface area contributed by atoms with Crippen molar-refractivity contribution in [3.05, 3.63) is 107 Å². The molecule has 0 aliphatic carbocycles. The predicted octanol–water partition coefficient (Wildman–Crippen LogP) is 2.76. The lowest BCUT2D eigenvalue weighted by Gasteiger charge is -2.39. The first kappa shape index (κ1) is 19.8. The molecule has 3 nitrogen and oxygen atoms in total. The Balaban J connectivity index is 1.84. The van der Waals surface area contributed by atoms with Gasteiger partial charge in [0.05, 0.1) is 25.7 Å². The summed E-state index contributed by atoms with van der Waals surface area (Å²) in [6, 6.07) is 26.1. The second-order valence-electron chi connectivity index (χ2n) is 7.67. The summed E-state index contributed by atoms with van der Waals surface area (Å²) in [6.07, 6.45) is 0. The van der Waals surface area contributed by atoms with E-state index in [0.717, 1.165) is 44.0 Å². The topological polar surface area (TPSA) is 33.9 Å². The fraction of sp³-hybridized carbons (Fsp3) is 0.280. The maximum absolute atomic E-state index is 13.7. The van der Waals surface area contributed by atoms with Crippen LogP contribution in [-0.4, -0.2) is 38.0 Å². The van der Waals surface area contributed by atoms with E-state index < -0.39 is 5.60 Å². The first-order valence-electron chi connectivity index (χ1n) is 10.2. The van der Waals surface area contributed by atoms with E-state index in [1.165, 1.54) is 17.0 Å². The van der Waals surface area contributed by atoms with Gasteiger partial charge in [-0.1, -0.05) is 72.8 Å². The maximum Gasteiger partial charge on any atom is 0.127 e. The normalized spacial score (nSPS) is 18.1. The van der Waals surface area contributed by atoms with Gasteiger partial charge in [0.1, 0.15) is 24.5 Å². The number of benzene rings is 3. The van der Waals surface area contributed by atoms with Crippen LogP contribution in [0.2, 0.25) is 0 Å². The van der Waals surface area contributed by atoms with Crippen molar-refractivity contribution < 1.29 is 19.1 Å². The van der Waals surface area contributed by atoms with E-state index in [4.69, 9.17) is 4.74 Å². The highest BCUT2D eigenvalue weighted by molar-refractivity contribution is 5.42. The van der Waals surface area contributed by atoms with Gasteiger partial charge < -0.3 is 14.7 Å². The fourth-order valence-electron chi connectivity index (χ4n) is 4.31. The molecule has 1 aliphatic rings. The van der Waals surface area contributed by atoms with Crippen molar-refractivity contribution in [2.45, 2.75) is 11.5 Å². The first-order chi connectivity index (χ1) is 14.2. The van der Waals surface area contributed by atoms with Crippen LogP contribution in [-0.2, 0) is 10.3 Å². The Morgan fingerprint density at radius 3 is 2.00 bits per heavy atom. The highest BCUT2D eigenvalue weighted by atomic mass is 19.1. The Kier molecular flexibility index (Phi) is 6.05. The van der Waals surface area contributed by atoms with E-state index in [0.29, 0.717) is 5.56 Å². The molecule has 0 unspecified atom stereocenters. The molecule has 4 heteroatoms. The largest absolute Gasteiger partial charge is 0.380 e. The molecule has 0 amide bonds. The van der Waals surface area contributed by atoms with Crippen LogP contribution in [0.25, 0.3) is 0 Å². The molecule has 1 heterocycles. The lowest BCUT2D eigenvalue weighted by atomic mass is 9.72. The minimum atomic E-state index is -1.28. The van der Waals surface area contributed by atoms with Gasteiger partial charge in [0, 0.05) is 0 Å². The Bertz CT molecular complexity index is 895. The minimum absolute atomic E-state index is 0.190. The zero-order valence-electron chi connectivity index (χ0n) is 16.4. The van der Waals surface area contributed by atoms with E-state index in [1.54, 1.807) is 12.1 Å². The highest BCUT2D eigenvalue weighted by Gasteiger charge is 2.43. The molecule has 3 aromatic carbocycles. The number of quaternary nitrogens is 1. The molecule has 0 spiro atoms. The highest BCUT2D eigenvalue weighted by Crippen LogP contribution is 2.42. The second kappa shape index (κ2) is 8.87. The summed E-state index contributed by atoms with van der Waals surface area (Å²) in [6.45, 7) is 4.06. The molecule has 150 valence electrons. The lowest BCUT2D eigenvalue weighted by molar-refractivity contribution is -0.910. The zero-order chi connectivity index (χ0) is 20.1. The van der Waals surface area contributed by atoms with E-state index in [-0.39, 0.29) is 11.7 Å². The number of morpholine rings is 1. The summed E-state index contributed by atoms with van der Waals surface area (Å²) in [5.41, 5.74) is 1.31. The van der Waals surface area contributed by atoms with Crippen molar-refractivity contribution >= 4 is 0 Å². The van der Waals surface area contributed by atoms with Crippen molar-refractivity contribution in [3.8, 4) is 0 Å². The van der Waals surface area contributed by atoms with E-state index in [2.05, 4.69) is 12.1 Å². The van der Waals surface area contributed by atoms with Crippen LogP contribution in [0.4, 0.5) is 4.39 Å². The van der Waals surface area contributed by atoms with Gasteiger partial charge in [0.25, 0.3) is 0 Å². The van der Waals surface area contributed by atoms with E-state index >= 15 is 0 Å². The number of halogens is 1. The molecular formula is C25H27FNO2+. The Hall–Kier alpha value is -2.53. The summed E-state index contributed by atoms with van der Waals surface area (Å²) < 4.78 is 19.2. The van der Waals surface area contributed by atoms with Crippen LogP contribution >= 0.6 is 0 Å². The van der Waals surface area contributed by atoms with Crippen LogP contribution in [0, 0.1) is 5.82 Å². The Morgan fingerprint density at radius 2 is 1.38 bits per heavy atom. The molecule has 1 fully saturated rings. The van der Waals surface area contributed by atoms with E-state index in [9.17, 15) is 9.50 Å². The van der Waals surface area contributed by atoms with Gasteiger partial charge in [-0.25, -0.2) is 4.39 Å². The van der Waals surface area contributed by atoms with Crippen molar-refractivity contribution in [3.63, 3.8) is 0 Å². The van der Waals surface area contributed by atoms with Crippen LogP contribution in [0.15, 0.2) is 84.9 Å². The Labute approximate surface area is 171 Å². The number of ether oxygens (including phenoxy) is 1. The summed E-state index contributed by atoms with van der Waals surface area (Å²) >= 11 is 0. The molecule has 0 bridgehead atoms. The third-order valence-corrected chi connectivity index (χ3v) is 5.90. The lowest BCUT2D eigenvalue weighted by Crippen LogP contribution is -3.14. The molecule has 2 atom stereocenters. The van der Waals surface area contributed by atoms with Crippen molar-refractivity contribution in [2.75, 3.05) is 32.8 Å². The first-order valence-corrected chi connectivity index (χ1v) is 10.2. The van der Waals surface area contributed by atoms with Gasteiger partial charge in [-0.15, -0.1) is 0 Å². The number of aliphatic hydroxyl groups is 1. The molecule has 2 N–H and O–H groups in total. The van der Waals surface area contributed by atoms with Gasteiger partial charge in [-0.3, -0.25) is 0 Å². The number of rotatable bonds is 6. The van der Waals surface area contributed by atoms with Crippen molar-refractivity contribution in [1.29, 1.82) is 0 Å². The average Bonchev–Trinajstić information content (AvgIpc) is 2.79. The monoisotopic (exact) mass is 392 g/mol. The summed E-state index contributed by atoms with van der Waals surface area (Å²) in [4.78, 5) is 1.40. The summed E-state index contributed by atoms with van der Waals surface area (Å²) in [5.74, 6) is -0.496. The molecule has 1 saturated heterocycles. The van der Waals surface area contributed by atoms with Gasteiger partial charge >= 0.3 is 0 Å². The van der Waals surface area contributed by atoms with Gasteiger partial charge in [-0.2, -0.15) is 0 Å². The number of nitrogens with one attached hydrogen (secondary N) is 1. The SMILES string of the molecule is O[C@@](c1ccccc1)(c1ccc(F)cc1)[C@H](C[NH+]1CCOCC1)c1ccccc1. The van der Waals surface area contributed by atoms with Crippen molar-refractivity contribution in [2.24, 2.45) is 0 Å². The van der Waals surface area contributed by atoms with Crippen molar-refractivity contribution in [1.82, 2.24) is 0 Å². The molecule has 1 aliphatic heterocycles. The molecule has 0 saturated carbocycles. The fourth-order valence-corrected chi connectivity index (χ4v) is 4.31. The third kappa shape index (κ3) is 4.25. The van der Waals surface area contributed by atoms with E-state index in [1.807, 2.05) is 48.5 Å². The molecule has 0 aromatic heterocycles. The smallest absolute Gasteiger partial charge is 0.127 e. The average molecular weight is 392 g/mol. The van der Waals surface area contributed by atoms with Gasteiger partial charge in [-0.05, 0) is 28.8 Å². The minimum Gasteiger partial charge on any atom is -0.380 e. The molecule has 29 heavy (non-hydrogen) atoms. The predicted molar refractivity (Wildman–Crippen MR) is 111 cm³/mol. The second-order valence-corrected chi connectivity index (χ2v) is 7.67. The van der Waals surface area contributed by atoms with Crippen LogP contribution < -0.4 is 4.90 Å². The standard InChI is InChI=1S/C25H26FNO2/c26-23-13-11-22(12-14-23)25(28,21-9-5-2-6-10-21)24(20-7-3-1-4-8-20)19-27-15-17-29-18-16-27/h1-14,24,28H,15-19H2/p+1/t24-,25+/m1/s1. The summed E-state index contributed by atoms with van der Waals surface area (Å²) in [7, 11) is 0. The molecule has 4 rings (SSSR count). The zero-order valence-corrected chi connectivity index (χ0v) is 16.4. The number of hydrogen-bond acceptors (Lipinski definition) is 2. The maximum atomic E-state index is 13.7. The molecular weight excluding hydrogens is 365 g/mol. The molecule has 0 radical (unpaired) electrons. The quantitative estimate of drug-likeness (QED) is 0.677. The summed E-state index contributed by atoms with van der Waals surface area (Å²) in [5, 5.41) is 12.3.